The van der Waals surface area contributed by atoms with Gasteiger partial charge in [-0.25, -0.2) is 0 Å². The summed E-state index contributed by atoms with van der Waals surface area (Å²) in [6, 6.07) is 0. The van der Waals surface area contributed by atoms with E-state index in [2.05, 4.69) is 5.32 Å². The Hall–Kier alpha value is -1.06. The number of amides is 2. The van der Waals surface area contributed by atoms with Gasteiger partial charge in [-0.1, -0.05) is 13.8 Å². The highest BCUT2D eigenvalue weighted by Crippen LogP contribution is 2.27. The van der Waals surface area contributed by atoms with Crippen LogP contribution < -0.4 is 11.1 Å². The first-order chi connectivity index (χ1) is 6.87. The molecule has 0 aromatic heterocycles. The van der Waals surface area contributed by atoms with Crippen LogP contribution in [-0.2, 0) is 9.59 Å². The highest BCUT2D eigenvalue weighted by molar-refractivity contribution is 5.76. The Morgan fingerprint density at radius 1 is 1.33 bits per heavy atom. The molecule has 0 heterocycles. The van der Waals surface area contributed by atoms with Crippen LogP contribution in [0.5, 0.6) is 0 Å². The van der Waals surface area contributed by atoms with Crippen molar-refractivity contribution in [2.45, 2.75) is 46.5 Å². The predicted octanol–water partition coefficient (Wildman–Crippen LogP) is 1.19. The van der Waals surface area contributed by atoms with Gasteiger partial charge in [0.05, 0.1) is 0 Å². The zero-order valence-electron chi connectivity index (χ0n) is 9.93. The fraction of sp³-hybridized carbons (Fsp3) is 0.818. The number of nitrogens with two attached hydrogens (primary N) is 1. The Balaban J connectivity index is 3.85. The summed E-state index contributed by atoms with van der Waals surface area (Å²) in [5.74, 6) is -0.203. The molecule has 4 heteroatoms. The Labute approximate surface area is 91.6 Å². The SMILES string of the molecule is CCNC(=O)CC(C)(C)CCCC(N)=O. The van der Waals surface area contributed by atoms with Crippen molar-refractivity contribution in [2.24, 2.45) is 11.1 Å². The lowest BCUT2D eigenvalue weighted by Crippen LogP contribution is -2.28. The van der Waals surface area contributed by atoms with Gasteiger partial charge < -0.3 is 11.1 Å². The maximum atomic E-state index is 11.4. The molecule has 15 heavy (non-hydrogen) atoms. The molecule has 3 N–H and O–H groups in total. The van der Waals surface area contributed by atoms with Gasteiger partial charge in [-0.2, -0.15) is 0 Å². The second kappa shape index (κ2) is 6.43. The molecule has 0 bridgehead atoms. The second-order valence-electron chi connectivity index (χ2n) is 4.61. The summed E-state index contributed by atoms with van der Waals surface area (Å²) in [6.07, 6.45) is 2.49. The molecule has 0 saturated carbocycles. The maximum absolute atomic E-state index is 11.4. The first kappa shape index (κ1) is 13.9. The minimum atomic E-state index is -0.274. The average molecular weight is 214 g/mol. The lowest BCUT2D eigenvalue weighted by Gasteiger charge is -2.23. The largest absolute Gasteiger partial charge is 0.370 e. The Bertz CT molecular complexity index is 225. The van der Waals surface area contributed by atoms with E-state index >= 15 is 0 Å². The highest BCUT2D eigenvalue weighted by Gasteiger charge is 2.21. The first-order valence-corrected chi connectivity index (χ1v) is 5.42. The van der Waals surface area contributed by atoms with Gasteiger partial charge in [0.15, 0.2) is 0 Å². The van der Waals surface area contributed by atoms with Gasteiger partial charge in [-0.3, -0.25) is 9.59 Å². The lowest BCUT2D eigenvalue weighted by atomic mass is 9.83. The second-order valence-corrected chi connectivity index (χ2v) is 4.61. The highest BCUT2D eigenvalue weighted by atomic mass is 16.1. The molecule has 0 spiro atoms. The number of rotatable bonds is 7. The van der Waals surface area contributed by atoms with Gasteiger partial charge in [0.1, 0.15) is 0 Å². The molecule has 0 fully saturated rings. The molecule has 2 amide bonds. The Morgan fingerprint density at radius 2 is 1.93 bits per heavy atom. The maximum Gasteiger partial charge on any atom is 0.220 e. The molecule has 0 radical (unpaired) electrons. The van der Waals surface area contributed by atoms with Crippen LogP contribution in [0.3, 0.4) is 0 Å². The van der Waals surface area contributed by atoms with Crippen LogP contribution in [0.1, 0.15) is 46.5 Å². The van der Waals surface area contributed by atoms with Crippen molar-refractivity contribution >= 4 is 11.8 Å². The molecule has 0 unspecified atom stereocenters. The van der Waals surface area contributed by atoms with Crippen LogP contribution in [0, 0.1) is 5.41 Å². The van der Waals surface area contributed by atoms with Gasteiger partial charge in [0.25, 0.3) is 0 Å². The van der Waals surface area contributed by atoms with E-state index in [0.29, 0.717) is 19.4 Å². The van der Waals surface area contributed by atoms with Gasteiger partial charge in [-0.05, 0) is 25.2 Å². The molecule has 0 aromatic carbocycles. The number of primary amides is 1. The van der Waals surface area contributed by atoms with Crippen LogP contribution in [0.15, 0.2) is 0 Å². The summed E-state index contributed by atoms with van der Waals surface area (Å²) in [5, 5.41) is 2.77. The third-order valence-corrected chi connectivity index (χ3v) is 2.29. The summed E-state index contributed by atoms with van der Waals surface area (Å²) in [5.41, 5.74) is 4.99. The molecule has 0 aliphatic rings. The van der Waals surface area contributed by atoms with Crippen molar-refractivity contribution in [2.75, 3.05) is 6.54 Å². The first-order valence-electron chi connectivity index (χ1n) is 5.42. The number of hydrogen-bond donors (Lipinski definition) is 2. The third-order valence-electron chi connectivity index (χ3n) is 2.29. The Morgan fingerprint density at radius 3 is 2.40 bits per heavy atom. The Kier molecular flexibility index (Phi) is 5.97. The molecule has 0 aliphatic heterocycles. The zero-order valence-corrected chi connectivity index (χ0v) is 9.93. The van der Waals surface area contributed by atoms with Gasteiger partial charge in [0, 0.05) is 19.4 Å². The summed E-state index contributed by atoms with van der Waals surface area (Å²) in [6.45, 7) is 6.63. The van der Waals surface area contributed by atoms with Crippen molar-refractivity contribution in [3.8, 4) is 0 Å². The van der Waals surface area contributed by atoms with Crippen molar-refractivity contribution < 1.29 is 9.59 Å². The van der Waals surface area contributed by atoms with Gasteiger partial charge >= 0.3 is 0 Å². The molecule has 0 aliphatic carbocycles. The smallest absolute Gasteiger partial charge is 0.220 e. The van der Waals surface area contributed by atoms with Crippen LogP contribution in [0.25, 0.3) is 0 Å². The molecule has 4 nitrogen and oxygen atoms in total. The van der Waals surface area contributed by atoms with Crippen LogP contribution >= 0.6 is 0 Å². The topological polar surface area (TPSA) is 72.2 Å². The molecular weight excluding hydrogens is 192 g/mol. The normalized spacial score (nSPS) is 11.1. The van der Waals surface area contributed by atoms with Gasteiger partial charge in [0.2, 0.25) is 11.8 Å². The van der Waals surface area contributed by atoms with Gasteiger partial charge in [-0.15, -0.1) is 0 Å². The zero-order chi connectivity index (χ0) is 11.9. The molecule has 88 valence electrons. The van der Waals surface area contributed by atoms with Crippen molar-refractivity contribution in [3.63, 3.8) is 0 Å². The monoisotopic (exact) mass is 214 g/mol. The van der Waals surface area contributed by atoms with E-state index in [1.165, 1.54) is 0 Å². The van der Waals surface area contributed by atoms with Crippen LogP contribution in [-0.4, -0.2) is 18.4 Å². The lowest BCUT2D eigenvalue weighted by molar-refractivity contribution is -0.123. The van der Waals surface area contributed by atoms with E-state index < -0.39 is 0 Å². The molecule has 0 saturated heterocycles. The number of carbonyl (C=O) groups excluding carboxylic acids is 2. The minimum Gasteiger partial charge on any atom is -0.370 e. The summed E-state index contributed by atoms with van der Waals surface area (Å²) < 4.78 is 0. The number of hydrogen-bond acceptors (Lipinski definition) is 2. The standard InChI is InChI=1S/C11H22N2O2/c1-4-13-10(15)8-11(2,3)7-5-6-9(12)14/h4-8H2,1-3H3,(H2,12,14)(H,13,15). The van der Waals surface area contributed by atoms with E-state index in [4.69, 9.17) is 5.73 Å². The van der Waals surface area contributed by atoms with Crippen LogP contribution in [0.2, 0.25) is 0 Å². The average Bonchev–Trinajstić information content (AvgIpc) is 2.01. The van der Waals surface area contributed by atoms with Crippen LogP contribution in [0.4, 0.5) is 0 Å². The van der Waals surface area contributed by atoms with Crippen molar-refractivity contribution in [1.29, 1.82) is 0 Å². The number of nitrogens with one attached hydrogen (secondary N) is 1. The molecule has 0 rings (SSSR count). The van der Waals surface area contributed by atoms with E-state index in [0.717, 1.165) is 12.8 Å². The quantitative estimate of drug-likeness (QED) is 0.668. The molecular formula is C11H22N2O2. The number of carbonyl (C=O) groups is 2. The fourth-order valence-corrected chi connectivity index (χ4v) is 1.52. The minimum absolute atomic E-state index is 0.0608. The van der Waals surface area contributed by atoms with E-state index in [1.807, 2.05) is 20.8 Å². The van der Waals surface area contributed by atoms with Crippen molar-refractivity contribution in [3.05, 3.63) is 0 Å². The van der Waals surface area contributed by atoms with E-state index in [-0.39, 0.29) is 17.2 Å². The van der Waals surface area contributed by atoms with E-state index in [1.54, 1.807) is 0 Å². The summed E-state index contributed by atoms with van der Waals surface area (Å²) >= 11 is 0. The third kappa shape index (κ3) is 7.97. The summed E-state index contributed by atoms with van der Waals surface area (Å²) in [4.78, 5) is 21.9. The van der Waals surface area contributed by atoms with E-state index in [9.17, 15) is 9.59 Å². The molecule has 0 atom stereocenters. The fourth-order valence-electron chi connectivity index (χ4n) is 1.52. The molecule has 0 aromatic rings. The predicted molar refractivity (Wildman–Crippen MR) is 60.1 cm³/mol. The summed E-state index contributed by atoms with van der Waals surface area (Å²) in [7, 11) is 0. The van der Waals surface area contributed by atoms with Crippen molar-refractivity contribution in [1.82, 2.24) is 5.32 Å².